The molecule has 0 amide bonds. The van der Waals surface area contributed by atoms with Crippen LogP contribution < -0.4 is 5.32 Å². The molecule has 0 saturated heterocycles. The monoisotopic (exact) mass is 250 g/mol. The SMILES string of the molecule is C=CCN(CCO)Cc1ccc(CNC2CC2)o1. The van der Waals surface area contributed by atoms with Gasteiger partial charge in [0.15, 0.2) is 0 Å². The van der Waals surface area contributed by atoms with Crippen LogP contribution in [0.25, 0.3) is 0 Å². The van der Waals surface area contributed by atoms with Gasteiger partial charge in [-0.15, -0.1) is 6.58 Å². The average molecular weight is 250 g/mol. The maximum Gasteiger partial charge on any atom is 0.118 e. The van der Waals surface area contributed by atoms with E-state index in [1.807, 2.05) is 18.2 Å². The molecule has 2 N–H and O–H groups in total. The van der Waals surface area contributed by atoms with Crippen LogP contribution in [0.4, 0.5) is 0 Å². The van der Waals surface area contributed by atoms with Crippen LogP contribution in [0.1, 0.15) is 24.4 Å². The van der Waals surface area contributed by atoms with E-state index in [1.165, 1.54) is 12.8 Å². The summed E-state index contributed by atoms with van der Waals surface area (Å²) in [5.74, 6) is 1.93. The number of nitrogens with zero attached hydrogens (tertiary/aromatic N) is 1. The highest BCUT2D eigenvalue weighted by Crippen LogP contribution is 2.19. The van der Waals surface area contributed by atoms with Gasteiger partial charge in [-0.25, -0.2) is 0 Å². The standard InChI is InChI=1S/C14H22N2O2/c1-2-7-16(8-9-17)11-14-6-5-13(18-14)10-15-12-3-4-12/h2,5-6,12,15,17H,1,3-4,7-11H2. The number of rotatable bonds is 9. The highest BCUT2D eigenvalue weighted by atomic mass is 16.3. The molecule has 0 unspecified atom stereocenters. The highest BCUT2D eigenvalue weighted by molar-refractivity contribution is 5.07. The summed E-state index contributed by atoms with van der Waals surface area (Å²) >= 11 is 0. The van der Waals surface area contributed by atoms with E-state index < -0.39 is 0 Å². The Labute approximate surface area is 108 Å². The van der Waals surface area contributed by atoms with Crippen molar-refractivity contribution in [1.29, 1.82) is 0 Å². The van der Waals surface area contributed by atoms with Crippen molar-refractivity contribution in [3.05, 3.63) is 36.3 Å². The minimum absolute atomic E-state index is 0.157. The Kier molecular flexibility index (Phi) is 4.99. The van der Waals surface area contributed by atoms with Crippen molar-refractivity contribution >= 4 is 0 Å². The minimum Gasteiger partial charge on any atom is -0.463 e. The Morgan fingerprint density at radius 2 is 2.22 bits per heavy atom. The first-order chi connectivity index (χ1) is 8.81. The van der Waals surface area contributed by atoms with Gasteiger partial charge in [0.25, 0.3) is 0 Å². The lowest BCUT2D eigenvalue weighted by atomic mass is 10.3. The molecular weight excluding hydrogens is 228 g/mol. The number of nitrogens with one attached hydrogen (secondary N) is 1. The number of aliphatic hydroxyl groups excluding tert-OH is 1. The number of hydrogen-bond acceptors (Lipinski definition) is 4. The predicted molar refractivity (Wildman–Crippen MR) is 71.1 cm³/mol. The zero-order chi connectivity index (χ0) is 12.8. The molecule has 1 aliphatic carbocycles. The first-order valence-corrected chi connectivity index (χ1v) is 6.57. The molecule has 1 aromatic heterocycles. The number of furan rings is 1. The Balaban J connectivity index is 1.81. The van der Waals surface area contributed by atoms with Crippen LogP contribution >= 0.6 is 0 Å². The van der Waals surface area contributed by atoms with Crippen LogP contribution in [-0.2, 0) is 13.1 Å². The fourth-order valence-corrected chi connectivity index (χ4v) is 1.91. The fraction of sp³-hybridized carbons (Fsp3) is 0.571. The summed E-state index contributed by atoms with van der Waals surface area (Å²) < 4.78 is 5.76. The van der Waals surface area contributed by atoms with Crippen LogP contribution in [-0.4, -0.2) is 35.7 Å². The molecule has 0 spiro atoms. The maximum atomic E-state index is 8.98. The van der Waals surface area contributed by atoms with Gasteiger partial charge in [0.05, 0.1) is 19.7 Å². The van der Waals surface area contributed by atoms with Gasteiger partial charge in [0.2, 0.25) is 0 Å². The molecule has 1 aromatic rings. The summed E-state index contributed by atoms with van der Waals surface area (Å²) in [6.07, 6.45) is 4.42. The van der Waals surface area contributed by atoms with E-state index in [0.717, 1.165) is 31.2 Å². The molecule has 0 aliphatic heterocycles. The lowest BCUT2D eigenvalue weighted by Gasteiger charge is -2.17. The fourth-order valence-electron chi connectivity index (χ4n) is 1.91. The van der Waals surface area contributed by atoms with Crippen molar-refractivity contribution in [1.82, 2.24) is 10.2 Å². The van der Waals surface area contributed by atoms with Crippen molar-refractivity contribution in [2.24, 2.45) is 0 Å². The summed E-state index contributed by atoms with van der Waals surface area (Å²) in [6.45, 7) is 6.81. The second-order valence-corrected chi connectivity index (χ2v) is 4.77. The van der Waals surface area contributed by atoms with Gasteiger partial charge in [-0.3, -0.25) is 4.90 Å². The molecule has 4 nitrogen and oxygen atoms in total. The van der Waals surface area contributed by atoms with Crippen LogP contribution in [0, 0.1) is 0 Å². The molecule has 1 saturated carbocycles. The van der Waals surface area contributed by atoms with E-state index >= 15 is 0 Å². The molecule has 0 atom stereocenters. The molecule has 100 valence electrons. The topological polar surface area (TPSA) is 48.6 Å². The molecule has 0 bridgehead atoms. The second-order valence-electron chi connectivity index (χ2n) is 4.77. The van der Waals surface area contributed by atoms with Gasteiger partial charge >= 0.3 is 0 Å². The second kappa shape index (κ2) is 6.73. The third-order valence-electron chi connectivity index (χ3n) is 3.04. The Morgan fingerprint density at radius 3 is 2.89 bits per heavy atom. The van der Waals surface area contributed by atoms with E-state index in [4.69, 9.17) is 9.52 Å². The van der Waals surface area contributed by atoms with E-state index in [9.17, 15) is 0 Å². The molecule has 1 fully saturated rings. The first kappa shape index (κ1) is 13.3. The Morgan fingerprint density at radius 1 is 1.44 bits per heavy atom. The lowest BCUT2D eigenvalue weighted by Crippen LogP contribution is -2.26. The summed E-state index contributed by atoms with van der Waals surface area (Å²) in [6, 6.07) is 4.73. The van der Waals surface area contributed by atoms with Gasteiger partial charge in [0, 0.05) is 19.1 Å². The van der Waals surface area contributed by atoms with Crippen molar-refractivity contribution in [3.8, 4) is 0 Å². The van der Waals surface area contributed by atoms with Gasteiger partial charge < -0.3 is 14.8 Å². The van der Waals surface area contributed by atoms with Crippen LogP contribution in [0.2, 0.25) is 0 Å². The van der Waals surface area contributed by atoms with Crippen molar-refractivity contribution in [2.75, 3.05) is 19.7 Å². The zero-order valence-corrected chi connectivity index (χ0v) is 10.8. The average Bonchev–Trinajstić information content (AvgIpc) is 3.08. The molecule has 18 heavy (non-hydrogen) atoms. The Hall–Kier alpha value is -1.10. The third kappa shape index (κ3) is 4.29. The number of hydrogen-bond donors (Lipinski definition) is 2. The van der Waals surface area contributed by atoms with Crippen molar-refractivity contribution in [3.63, 3.8) is 0 Å². The molecule has 0 aromatic carbocycles. The molecular formula is C14H22N2O2. The molecule has 0 radical (unpaired) electrons. The molecule has 1 aliphatic rings. The minimum atomic E-state index is 0.157. The van der Waals surface area contributed by atoms with Gasteiger partial charge in [-0.1, -0.05) is 6.08 Å². The summed E-state index contributed by atoms with van der Waals surface area (Å²) in [4.78, 5) is 2.10. The zero-order valence-electron chi connectivity index (χ0n) is 10.8. The summed E-state index contributed by atoms with van der Waals surface area (Å²) in [5.41, 5.74) is 0. The summed E-state index contributed by atoms with van der Waals surface area (Å²) in [7, 11) is 0. The van der Waals surface area contributed by atoms with E-state index in [1.54, 1.807) is 0 Å². The Bertz CT molecular complexity index is 372. The molecule has 1 heterocycles. The molecule has 4 heteroatoms. The number of aliphatic hydroxyl groups is 1. The van der Waals surface area contributed by atoms with Gasteiger partial charge in [-0.05, 0) is 25.0 Å². The van der Waals surface area contributed by atoms with Crippen molar-refractivity contribution < 1.29 is 9.52 Å². The smallest absolute Gasteiger partial charge is 0.118 e. The van der Waals surface area contributed by atoms with E-state index in [0.29, 0.717) is 12.6 Å². The lowest BCUT2D eigenvalue weighted by molar-refractivity contribution is 0.193. The van der Waals surface area contributed by atoms with Crippen LogP contribution in [0.15, 0.2) is 29.2 Å². The first-order valence-electron chi connectivity index (χ1n) is 6.57. The van der Waals surface area contributed by atoms with Crippen molar-refractivity contribution in [2.45, 2.75) is 32.0 Å². The van der Waals surface area contributed by atoms with Crippen LogP contribution in [0.3, 0.4) is 0 Å². The normalized spacial score (nSPS) is 15.2. The van der Waals surface area contributed by atoms with E-state index in [-0.39, 0.29) is 6.61 Å². The van der Waals surface area contributed by atoms with Gasteiger partial charge in [-0.2, -0.15) is 0 Å². The maximum absolute atomic E-state index is 8.98. The largest absolute Gasteiger partial charge is 0.463 e. The van der Waals surface area contributed by atoms with E-state index in [2.05, 4.69) is 16.8 Å². The van der Waals surface area contributed by atoms with Gasteiger partial charge in [0.1, 0.15) is 11.5 Å². The predicted octanol–water partition coefficient (Wildman–Crippen LogP) is 1.51. The highest BCUT2D eigenvalue weighted by Gasteiger charge is 2.20. The quantitative estimate of drug-likeness (QED) is 0.652. The summed E-state index contributed by atoms with van der Waals surface area (Å²) in [5, 5.41) is 12.4. The molecule has 2 rings (SSSR count). The van der Waals surface area contributed by atoms with Crippen LogP contribution in [0.5, 0.6) is 0 Å². The third-order valence-corrected chi connectivity index (χ3v) is 3.04.